The van der Waals surface area contributed by atoms with Crippen LogP contribution >= 0.6 is 15.9 Å². The SMILES string of the molecule is Brc1ccc(-n2cccn2)nc1.c1cn[nH]c1. The van der Waals surface area contributed by atoms with Crippen LogP contribution < -0.4 is 0 Å². The number of hydrogen-bond acceptors (Lipinski definition) is 3. The molecule has 5 nitrogen and oxygen atoms in total. The van der Waals surface area contributed by atoms with Crippen molar-refractivity contribution in [3.63, 3.8) is 0 Å². The Morgan fingerprint density at radius 2 is 2.12 bits per heavy atom. The number of nitrogens with one attached hydrogen (secondary N) is 1. The zero-order chi connectivity index (χ0) is 11.9. The van der Waals surface area contributed by atoms with Crippen LogP contribution in [0, 0.1) is 0 Å². The van der Waals surface area contributed by atoms with E-state index in [0.717, 1.165) is 10.3 Å². The van der Waals surface area contributed by atoms with Crippen molar-refractivity contribution in [2.75, 3.05) is 0 Å². The summed E-state index contributed by atoms with van der Waals surface area (Å²) in [6.45, 7) is 0. The van der Waals surface area contributed by atoms with Gasteiger partial charge in [0, 0.05) is 35.5 Å². The Bertz CT molecular complexity index is 498. The molecule has 3 aromatic rings. The Balaban J connectivity index is 0.000000181. The normalized spacial score (nSPS) is 9.47. The predicted molar refractivity (Wildman–Crippen MR) is 67.6 cm³/mol. The maximum atomic E-state index is 4.17. The van der Waals surface area contributed by atoms with Crippen LogP contribution in [0.4, 0.5) is 0 Å². The van der Waals surface area contributed by atoms with E-state index in [1.807, 2.05) is 30.5 Å². The third-order valence-electron chi connectivity index (χ3n) is 1.86. The molecule has 17 heavy (non-hydrogen) atoms. The van der Waals surface area contributed by atoms with Crippen molar-refractivity contribution in [2.45, 2.75) is 0 Å². The van der Waals surface area contributed by atoms with E-state index in [1.165, 1.54) is 0 Å². The molecule has 0 unspecified atom stereocenters. The third kappa shape index (κ3) is 3.53. The second-order valence-corrected chi connectivity index (χ2v) is 3.97. The minimum absolute atomic E-state index is 0.822. The molecule has 3 rings (SSSR count). The van der Waals surface area contributed by atoms with E-state index in [4.69, 9.17) is 0 Å². The molecule has 6 heteroatoms. The van der Waals surface area contributed by atoms with Gasteiger partial charge in [-0.25, -0.2) is 9.67 Å². The lowest BCUT2D eigenvalue weighted by atomic mass is 10.5. The smallest absolute Gasteiger partial charge is 0.153 e. The summed E-state index contributed by atoms with van der Waals surface area (Å²) in [5, 5.41) is 10.3. The van der Waals surface area contributed by atoms with Crippen molar-refractivity contribution in [3.05, 3.63) is 59.7 Å². The summed E-state index contributed by atoms with van der Waals surface area (Å²) in [4.78, 5) is 4.17. The highest BCUT2D eigenvalue weighted by molar-refractivity contribution is 9.10. The quantitative estimate of drug-likeness (QED) is 0.749. The molecule has 0 atom stereocenters. The average Bonchev–Trinajstić information content (AvgIpc) is 3.06. The molecule has 0 amide bonds. The highest BCUT2D eigenvalue weighted by Gasteiger charge is 1.95. The van der Waals surface area contributed by atoms with Crippen LogP contribution in [0.1, 0.15) is 0 Å². The van der Waals surface area contributed by atoms with E-state index in [0.29, 0.717) is 0 Å². The fourth-order valence-electron chi connectivity index (χ4n) is 1.12. The van der Waals surface area contributed by atoms with Crippen molar-refractivity contribution < 1.29 is 0 Å². The first-order valence-electron chi connectivity index (χ1n) is 4.91. The molecule has 0 saturated carbocycles. The van der Waals surface area contributed by atoms with Crippen LogP contribution in [0.3, 0.4) is 0 Å². The fourth-order valence-corrected chi connectivity index (χ4v) is 1.36. The molecule has 0 aliphatic carbocycles. The molecular weight excluding hydrogens is 282 g/mol. The number of pyridine rings is 1. The minimum Gasteiger partial charge on any atom is -0.286 e. The van der Waals surface area contributed by atoms with E-state index in [1.54, 1.807) is 29.5 Å². The summed E-state index contributed by atoms with van der Waals surface area (Å²) in [5.74, 6) is 0.822. The average molecular weight is 292 g/mol. The Labute approximate surface area is 107 Å². The summed E-state index contributed by atoms with van der Waals surface area (Å²) in [6.07, 6.45) is 8.79. The number of halogens is 1. The van der Waals surface area contributed by atoms with Gasteiger partial charge in [-0.2, -0.15) is 10.2 Å². The van der Waals surface area contributed by atoms with E-state index >= 15 is 0 Å². The van der Waals surface area contributed by atoms with Gasteiger partial charge in [-0.3, -0.25) is 5.10 Å². The first-order chi connectivity index (χ1) is 8.36. The number of hydrogen-bond donors (Lipinski definition) is 1. The second-order valence-electron chi connectivity index (χ2n) is 3.05. The highest BCUT2D eigenvalue weighted by atomic mass is 79.9. The largest absolute Gasteiger partial charge is 0.286 e. The van der Waals surface area contributed by atoms with Crippen molar-refractivity contribution in [1.29, 1.82) is 0 Å². The molecule has 0 bridgehead atoms. The van der Waals surface area contributed by atoms with Gasteiger partial charge in [0.05, 0.1) is 0 Å². The van der Waals surface area contributed by atoms with Gasteiger partial charge < -0.3 is 0 Å². The lowest BCUT2D eigenvalue weighted by molar-refractivity contribution is 0.846. The van der Waals surface area contributed by atoms with E-state index < -0.39 is 0 Å². The second kappa shape index (κ2) is 5.95. The van der Waals surface area contributed by atoms with Crippen LogP contribution in [0.2, 0.25) is 0 Å². The van der Waals surface area contributed by atoms with Gasteiger partial charge in [0.15, 0.2) is 5.82 Å². The van der Waals surface area contributed by atoms with Crippen molar-refractivity contribution in [3.8, 4) is 5.82 Å². The molecule has 1 N–H and O–H groups in total. The predicted octanol–water partition coefficient (Wildman–Crippen LogP) is 2.44. The lowest BCUT2D eigenvalue weighted by Crippen LogP contribution is -1.96. The van der Waals surface area contributed by atoms with Gasteiger partial charge in [-0.05, 0) is 40.2 Å². The maximum absolute atomic E-state index is 4.17. The number of aromatic amines is 1. The van der Waals surface area contributed by atoms with Crippen molar-refractivity contribution in [2.24, 2.45) is 0 Å². The zero-order valence-corrected chi connectivity index (χ0v) is 10.4. The van der Waals surface area contributed by atoms with Gasteiger partial charge in [-0.1, -0.05) is 0 Å². The van der Waals surface area contributed by atoms with E-state index in [9.17, 15) is 0 Å². The topological polar surface area (TPSA) is 59.4 Å². The van der Waals surface area contributed by atoms with Gasteiger partial charge in [-0.15, -0.1) is 0 Å². The van der Waals surface area contributed by atoms with Gasteiger partial charge >= 0.3 is 0 Å². The Kier molecular flexibility index (Phi) is 4.04. The third-order valence-corrected chi connectivity index (χ3v) is 2.33. The Morgan fingerprint density at radius 1 is 1.18 bits per heavy atom. The van der Waals surface area contributed by atoms with Crippen LogP contribution in [-0.4, -0.2) is 25.0 Å². The number of nitrogens with zero attached hydrogens (tertiary/aromatic N) is 4. The Morgan fingerprint density at radius 3 is 2.59 bits per heavy atom. The van der Waals surface area contributed by atoms with Crippen molar-refractivity contribution in [1.82, 2.24) is 25.0 Å². The summed E-state index contributed by atoms with van der Waals surface area (Å²) < 4.78 is 2.69. The maximum Gasteiger partial charge on any atom is 0.153 e. The van der Waals surface area contributed by atoms with Crippen LogP contribution in [-0.2, 0) is 0 Å². The number of rotatable bonds is 1. The molecule has 0 aliphatic heterocycles. The monoisotopic (exact) mass is 291 g/mol. The van der Waals surface area contributed by atoms with Gasteiger partial charge in [0.2, 0.25) is 0 Å². The van der Waals surface area contributed by atoms with Gasteiger partial charge in [0.1, 0.15) is 0 Å². The summed E-state index contributed by atoms with van der Waals surface area (Å²) >= 11 is 3.32. The first kappa shape index (κ1) is 11.5. The standard InChI is InChI=1S/C8H6BrN3.C3H4N2/c9-7-2-3-8(10-6-7)12-5-1-4-11-12;1-2-4-5-3-1/h1-6H;1-3H,(H,4,5). The molecule has 86 valence electrons. The molecule has 0 aliphatic rings. The van der Waals surface area contributed by atoms with Gasteiger partial charge in [0.25, 0.3) is 0 Å². The van der Waals surface area contributed by atoms with Crippen LogP contribution in [0.15, 0.2) is 59.7 Å². The molecule has 3 heterocycles. The molecule has 0 spiro atoms. The molecule has 3 aromatic heterocycles. The summed E-state index contributed by atoms with van der Waals surface area (Å²) in [6, 6.07) is 7.53. The Hall–Kier alpha value is -1.95. The summed E-state index contributed by atoms with van der Waals surface area (Å²) in [7, 11) is 0. The highest BCUT2D eigenvalue weighted by Crippen LogP contribution is 2.09. The first-order valence-corrected chi connectivity index (χ1v) is 5.71. The molecule has 0 fully saturated rings. The van der Waals surface area contributed by atoms with Crippen LogP contribution in [0.25, 0.3) is 5.82 Å². The van der Waals surface area contributed by atoms with E-state index in [-0.39, 0.29) is 0 Å². The molecule has 0 radical (unpaired) electrons. The van der Waals surface area contributed by atoms with Crippen LogP contribution in [0.5, 0.6) is 0 Å². The molecule has 0 saturated heterocycles. The molecule has 0 aromatic carbocycles. The van der Waals surface area contributed by atoms with Crippen molar-refractivity contribution >= 4 is 15.9 Å². The summed E-state index contributed by atoms with van der Waals surface area (Å²) in [5.41, 5.74) is 0. The lowest BCUT2D eigenvalue weighted by Gasteiger charge is -1.98. The minimum atomic E-state index is 0.822. The zero-order valence-electron chi connectivity index (χ0n) is 8.86. The van der Waals surface area contributed by atoms with E-state index in [2.05, 4.69) is 36.2 Å². The molecular formula is C11H10BrN5. The number of H-pyrrole nitrogens is 1. The number of aromatic nitrogens is 5. The fraction of sp³-hybridized carbons (Fsp3) is 0.